The normalized spacial score (nSPS) is 9.45. The highest BCUT2D eigenvalue weighted by atomic mass is 16.1. The maximum atomic E-state index is 10.2. The summed E-state index contributed by atoms with van der Waals surface area (Å²) in [7, 11) is 0. The van der Waals surface area contributed by atoms with Crippen molar-refractivity contribution in [2.24, 2.45) is 11.5 Å². The highest BCUT2D eigenvalue weighted by molar-refractivity contribution is 5.75. The average Bonchev–Trinajstić information content (AvgIpc) is 1.85. The number of hydrazine groups is 1. The van der Waals surface area contributed by atoms with Crippen LogP contribution in [0.3, 0.4) is 0 Å². The van der Waals surface area contributed by atoms with Gasteiger partial charge in [-0.25, -0.2) is 5.43 Å². The topological polar surface area (TPSA) is 110 Å². The quantitative estimate of drug-likeness (QED) is 0.253. The molecule has 0 saturated carbocycles. The molecule has 0 rings (SSSR count). The molecule has 0 radical (unpaired) electrons. The van der Waals surface area contributed by atoms with Gasteiger partial charge in [-0.3, -0.25) is 15.0 Å². The monoisotopic (exact) mass is 160 g/mol. The molecule has 0 saturated heterocycles. The van der Waals surface area contributed by atoms with Crippen LogP contribution in [0.15, 0.2) is 0 Å². The molecule has 0 bridgehead atoms. The largest absolute Gasteiger partial charge is 0.370 e. The van der Waals surface area contributed by atoms with Crippen molar-refractivity contribution >= 4 is 11.8 Å². The molecule has 0 aromatic carbocycles. The van der Waals surface area contributed by atoms with Gasteiger partial charge in [0.2, 0.25) is 11.8 Å². The van der Waals surface area contributed by atoms with E-state index in [0.29, 0.717) is 6.54 Å². The molecule has 0 heterocycles. The minimum absolute atomic E-state index is 0.0404. The fourth-order valence-electron chi connectivity index (χ4n) is 0.424. The molecule has 6 N–H and O–H groups in total. The molecule has 0 atom stereocenters. The molecule has 64 valence electrons. The Morgan fingerprint density at radius 3 is 2.18 bits per heavy atom. The third-order valence-corrected chi connectivity index (χ3v) is 0.884. The minimum atomic E-state index is -0.462. The van der Waals surface area contributed by atoms with Crippen molar-refractivity contribution in [1.29, 1.82) is 0 Å². The first-order valence-corrected chi connectivity index (χ1v) is 3.15. The van der Waals surface area contributed by atoms with Crippen LogP contribution in [0.25, 0.3) is 0 Å². The minimum Gasteiger partial charge on any atom is -0.370 e. The number of rotatable bonds is 6. The van der Waals surface area contributed by atoms with Gasteiger partial charge in [0.1, 0.15) is 0 Å². The van der Waals surface area contributed by atoms with Crippen LogP contribution >= 0.6 is 0 Å². The van der Waals surface area contributed by atoms with E-state index in [2.05, 4.69) is 10.9 Å². The summed E-state index contributed by atoms with van der Waals surface area (Å²) in [5, 5.41) is 0. The predicted molar refractivity (Wildman–Crippen MR) is 39.0 cm³/mol. The highest BCUT2D eigenvalue weighted by Gasteiger charge is 1.93. The standard InChI is InChI=1S/C5H12N4O2/c6-4(10)1-2-8-9-3-5(7)11/h8-9H,1-3H2,(H2,6,10)(H2,7,11). The van der Waals surface area contributed by atoms with Crippen molar-refractivity contribution in [3.05, 3.63) is 0 Å². The Morgan fingerprint density at radius 2 is 1.73 bits per heavy atom. The molecule has 11 heavy (non-hydrogen) atoms. The molecule has 6 heteroatoms. The summed E-state index contributed by atoms with van der Waals surface area (Å²) in [6.07, 6.45) is 0.228. The van der Waals surface area contributed by atoms with Crippen LogP contribution in [0.2, 0.25) is 0 Å². The summed E-state index contributed by atoms with van der Waals surface area (Å²) in [5.74, 6) is -0.852. The van der Waals surface area contributed by atoms with E-state index in [1.54, 1.807) is 0 Å². The molecule has 0 aromatic heterocycles. The van der Waals surface area contributed by atoms with Crippen LogP contribution in [0.5, 0.6) is 0 Å². The van der Waals surface area contributed by atoms with Crippen molar-refractivity contribution in [2.75, 3.05) is 13.1 Å². The van der Waals surface area contributed by atoms with Crippen molar-refractivity contribution < 1.29 is 9.59 Å². The Bertz CT molecular complexity index is 131. The number of hydrogen-bond acceptors (Lipinski definition) is 4. The Hall–Kier alpha value is -1.14. The lowest BCUT2D eigenvalue weighted by atomic mass is 10.4. The number of carbonyl (C=O) groups excluding carboxylic acids is 2. The number of nitrogens with one attached hydrogen (secondary N) is 2. The average molecular weight is 160 g/mol. The molecule has 0 aliphatic carbocycles. The first kappa shape index (κ1) is 9.86. The van der Waals surface area contributed by atoms with E-state index in [4.69, 9.17) is 11.5 Å². The fraction of sp³-hybridized carbons (Fsp3) is 0.600. The van der Waals surface area contributed by atoms with E-state index in [1.165, 1.54) is 0 Å². The second-order valence-electron chi connectivity index (χ2n) is 1.96. The van der Waals surface area contributed by atoms with Gasteiger partial charge in [-0.1, -0.05) is 0 Å². The van der Waals surface area contributed by atoms with Gasteiger partial charge in [0.05, 0.1) is 6.54 Å². The molecule has 0 spiro atoms. The summed E-state index contributed by atoms with van der Waals surface area (Å²) in [6.45, 7) is 0.432. The van der Waals surface area contributed by atoms with Crippen LogP contribution in [0, 0.1) is 0 Å². The van der Waals surface area contributed by atoms with Crippen LogP contribution in [-0.2, 0) is 9.59 Å². The number of carbonyl (C=O) groups is 2. The summed E-state index contributed by atoms with van der Waals surface area (Å²) >= 11 is 0. The SMILES string of the molecule is NC(=O)CCNNCC(N)=O. The lowest BCUT2D eigenvalue weighted by Crippen LogP contribution is -2.40. The van der Waals surface area contributed by atoms with Gasteiger partial charge < -0.3 is 11.5 Å². The summed E-state index contributed by atoms with van der Waals surface area (Å²) < 4.78 is 0. The van der Waals surface area contributed by atoms with E-state index in [9.17, 15) is 9.59 Å². The van der Waals surface area contributed by atoms with Gasteiger partial charge in [0.15, 0.2) is 0 Å². The van der Waals surface area contributed by atoms with E-state index in [-0.39, 0.29) is 13.0 Å². The maximum Gasteiger partial charge on any atom is 0.232 e. The van der Waals surface area contributed by atoms with Crippen molar-refractivity contribution in [3.63, 3.8) is 0 Å². The third-order valence-electron chi connectivity index (χ3n) is 0.884. The van der Waals surface area contributed by atoms with E-state index in [1.807, 2.05) is 0 Å². The fourth-order valence-corrected chi connectivity index (χ4v) is 0.424. The highest BCUT2D eigenvalue weighted by Crippen LogP contribution is 1.68. The van der Waals surface area contributed by atoms with E-state index < -0.39 is 11.8 Å². The van der Waals surface area contributed by atoms with Gasteiger partial charge in [-0.15, -0.1) is 0 Å². The van der Waals surface area contributed by atoms with Crippen LogP contribution in [-0.4, -0.2) is 24.9 Å². The zero-order chi connectivity index (χ0) is 8.69. The number of amides is 2. The summed E-state index contributed by atoms with van der Waals surface area (Å²) in [4.78, 5) is 20.3. The Balaban J connectivity index is 3.03. The van der Waals surface area contributed by atoms with Gasteiger partial charge in [-0.05, 0) is 0 Å². The number of hydrogen-bond donors (Lipinski definition) is 4. The van der Waals surface area contributed by atoms with E-state index >= 15 is 0 Å². The first-order chi connectivity index (χ1) is 5.13. The molecule has 0 unspecified atom stereocenters. The van der Waals surface area contributed by atoms with Gasteiger partial charge in [0, 0.05) is 13.0 Å². The van der Waals surface area contributed by atoms with E-state index in [0.717, 1.165) is 0 Å². The van der Waals surface area contributed by atoms with Gasteiger partial charge >= 0.3 is 0 Å². The molecule has 0 fully saturated rings. The van der Waals surface area contributed by atoms with Crippen molar-refractivity contribution in [1.82, 2.24) is 10.9 Å². The number of nitrogens with two attached hydrogens (primary N) is 2. The van der Waals surface area contributed by atoms with Gasteiger partial charge in [-0.2, -0.15) is 0 Å². The third kappa shape index (κ3) is 8.86. The lowest BCUT2D eigenvalue weighted by molar-refractivity contribution is -0.118. The zero-order valence-corrected chi connectivity index (χ0v) is 6.09. The Labute approximate surface area is 64.3 Å². The predicted octanol–water partition coefficient (Wildman–Crippen LogP) is -2.56. The second-order valence-corrected chi connectivity index (χ2v) is 1.96. The molecule has 0 aromatic rings. The maximum absolute atomic E-state index is 10.2. The van der Waals surface area contributed by atoms with Crippen LogP contribution in [0.1, 0.15) is 6.42 Å². The van der Waals surface area contributed by atoms with Crippen molar-refractivity contribution in [3.8, 4) is 0 Å². The molecule has 0 aliphatic heterocycles. The zero-order valence-electron chi connectivity index (χ0n) is 6.09. The molecular weight excluding hydrogens is 148 g/mol. The number of primary amides is 2. The summed E-state index contributed by atoms with van der Waals surface area (Å²) in [5.41, 5.74) is 14.7. The smallest absolute Gasteiger partial charge is 0.232 e. The molecular formula is C5H12N4O2. The van der Waals surface area contributed by atoms with Gasteiger partial charge in [0.25, 0.3) is 0 Å². The van der Waals surface area contributed by atoms with Crippen molar-refractivity contribution in [2.45, 2.75) is 6.42 Å². The van der Waals surface area contributed by atoms with Crippen LogP contribution < -0.4 is 22.3 Å². The summed E-state index contributed by atoms with van der Waals surface area (Å²) in [6, 6.07) is 0. The first-order valence-electron chi connectivity index (χ1n) is 3.15. The Kier molecular flexibility index (Phi) is 5.05. The Morgan fingerprint density at radius 1 is 1.09 bits per heavy atom. The molecule has 0 aliphatic rings. The molecule has 2 amide bonds. The molecule has 6 nitrogen and oxygen atoms in total. The second kappa shape index (κ2) is 5.63. The lowest BCUT2D eigenvalue weighted by Gasteiger charge is -2.01. The van der Waals surface area contributed by atoms with Crippen LogP contribution in [0.4, 0.5) is 0 Å².